The molecule has 2 N–H and O–H groups in total. The molecule has 0 heterocycles. The van der Waals surface area contributed by atoms with Crippen LogP contribution in [0.1, 0.15) is 38.2 Å². The molecule has 0 spiro atoms. The summed E-state index contributed by atoms with van der Waals surface area (Å²) >= 11 is 5.88. The van der Waals surface area contributed by atoms with E-state index < -0.39 is 0 Å². The highest BCUT2D eigenvalue weighted by molar-refractivity contribution is 6.30. The Balaban J connectivity index is 2.31. The third kappa shape index (κ3) is 5.85. The van der Waals surface area contributed by atoms with Crippen LogP contribution in [0.15, 0.2) is 24.3 Å². The van der Waals surface area contributed by atoms with Crippen LogP contribution in [0.3, 0.4) is 0 Å². The van der Waals surface area contributed by atoms with E-state index in [1.807, 2.05) is 24.3 Å². The van der Waals surface area contributed by atoms with Crippen molar-refractivity contribution in [3.8, 4) is 0 Å². The molecule has 0 saturated heterocycles. The van der Waals surface area contributed by atoms with Crippen LogP contribution in [0.25, 0.3) is 0 Å². The van der Waals surface area contributed by atoms with Crippen molar-refractivity contribution in [3.63, 3.8) is 0 Å². The maximum Gasteiger partial charge on any atom is 0.0472 e. The zero-order valence-corrected chi connectivity index (χ0v) is 12.1. The predicted octanol–water partition coefficient (Wildman–Crippen LogP) is 3.84. The summed E-state index contributed by atoms with van der Waals surface area (Å²) < 4.78 is 5.64. The minimum absolute atomic E-state index is 0.362. The van der Waals surface area contributed by atoms with Gasteiger partial charge in [0.25, 0.3) is 0 Å². The van der Waals surface area contributed by atoms with Crippen LogP contribution in [0.4, 0.5) is 0 Å². The van der Waals surface area contributed by atoms with Crippen LogP contribution in [0.5, 0.6) is 0 Å². The van der Waals surface area contributed by atoms with Crippen LogP contribution in [0, 0.1) is 5.92 Å². The van der Waals surface area contributed by atoms with Crippen molar-refractivity contribution in [2.75, 3.05) is 19.8 Å². The molecule has 3 heteroatoms. The van der Waals surface area contributed by atoms with E-state index in [0.717, 1.165) is 31.1 Å². The minimum Gasteiger partial charge on any atom is -0.381 e. The Hall–Kier alpha value is -0.570. The second-order valence-electron chi connectivity index (χ2n) is 5.07. The van der Waals surface area contributed by atoms with E-state index in [0.29, 0.717) is 18.4 Å². The molecule has 0 aliphatic rings. The van der Waals surface area contributed by atoms with Crippen molar-refractivity contribution < 1.29 is 4.74 Å². The van der Waals surface area contributed by atoms with Crippen molar-refractivity contribution >= 4 is 11.6 Å². The van der Waals surface area contributed by atoms with Crippen molar-refractivity contribution in [2.24, 2.45) is 11.7 Å². The Bertz CT molecular complexity index is 324. The Morgan fingerprint density at radius 2 is 1.72 bits per heavy atom. The number of rotatable bonds is 8. The fourth-order valence-corrected chi connectivity index (χ4v) is 1.93. The van der Waals surface area contributed by atoms with Gasteiger partial charge in [-0.3, -0.25) is 0 Å². The summed E-state index contributed by atoms with van der Waals surface area (Å²) in [5.74, 6) is 1.06. The van der Waals surface area contributed by atoms with E-state index in [2.05, 4.69) is 13.8 Å². The molecule has 0 fully saturated rings. The predicted molar refractivity (Wildman–Crippen MR) is 78.1 cm³/mol. The van der Waals surface area contributed by atoms with Gasteiger partial charge in [-0.05, 0) is 48.9 Å². The van der Waals surface area contributed by atoms with E-state index >= 15 is 0 Å². The van der Waals surface area contributed by atoms with Crippen molar-refractivity contribution in [2.45, 2.75) is 32.6 Å². The van der Waals surface area contributed by atoms with Gasteiger partial charge in [0.2, 0.25) is 0 Å². The van der Waals surface area contributed by atoms with E-state index in [4.69, 9.17) is 22.1 Å². The van der Waals surface area contributed by atoms with Gasteiger partial charge in [0.05, 0.1) is 0 Å². The molecule has 102 valence electrons. The van der Waals surface area contributed by atoms with Gasteiger partial charge in [0, 0.05) is 18.2 Å². The van der Waals surface area contributed by atoms with E-state index in [-0.39, 0.29) is 0 Å². The first-order valence-electron chi connectivity index (χ1n) is 6.66. The van der Waals surface area contributed by atoms with Gasteiger partial charge in [0.15, 0.2) is 0 Å². The Kier molecular flexibility index (Phi) is 7.33. The van der Waals surface area contributed by atoms with Crippen LogP contribution in [0.2, 0.25) is 5.02 Å². The smallest absolute Gasteiger partial charge is 0.0472 e. The Labute approximate surface area is 115 Å². The van der Waals surface area contributed by atoms with Crippen LogP contribution in [-0.2, 0) is 4.74 Å². The molecule has 0 amide bonds. The van der Waals surface area contributed by atoms with E-state index in [1.54, 1.807) is 0 Å². The van der Waals surface area contributed by atoms with Gasteiger partial charge < -0.3 is 10.5 Å². The summed E-state index contributed by atoms with van der Waals surface area (Å²) in [6.07, 6.45) is 2.09. The van der Waals surface area contributed by atoms with Gasteiger partial charge >= 0.3 is 0 Å². The maximum absolute atomic E-state index is 5.88. The highest BCUT2D eigenvalue weighted by atomic mass is 35.5. The van der Waals surface area contributed by atoms with Gasteiger partial charge in [-0.25, -0.2) is 0 Å². The molecule has 1 aromatic carbocycles. The molecule has 0 saturated carbocycles. The zero-order valence-electron chi connectivity index (χ0n) is 11.4. The quantitative estimate of drug-likeness (QED) is 0.728. The lowest BCUT2D eigenvalue weighted by atomic mass is 9.96. The average molecular weight is 270 g/mol. The third-order valence-electron chi connectivity index (χ3n) is 3.08. The van der Waals surface area contributed by atoms with Gasteiger partial charge in [0.1, 0.15) is 0 Å². The first-order valence-corrected chi connectivity index (χ1v) is 7.04. The van der Waals surface area contributed by atoms with Gasteiger partial charge in [-0.2, -0.15) is 0 Å². The lowest BCUT2D eigenvalue weighted by Crippen LogP contribution is -2.15. The largest absolute Gasteiger partial charge is 0.381 e. The number of nitrogens with two attached hydrogens (primary N) is 1. The Morgan fingerprint density at radius 1 is 1.11 bits per heavy atom. The van der Waals surface area contributed by atoms with Gasteiger partial charge in [-0.15, -0.1) is 0 Å². The molecular weight excluding hydrogens is 246 g/mol. The normalized spacial score (nSPS) is 12.9. The maximum atomic E-state index is 5.88. The SMILES string of the molecule is CC(C)CCOCCC(CN)c1ccc(Cl)cc1. The molecule has 0 aromatic heterocycles. The van der Waals surface area contributed by atoms with Crippen LogP contribution in [-0.4, -0.2) is 19.8 Å². The van der Waals surface area contributed by atoms with Crippen LogP contribution < -0.4 is 5.73 Å². The second kappa shape index (κ2) is 8.52. The van der Waals surface area contributed by atoms with E-state index in [9.17, 15) is 0 Å². The van der Waals surface area contributed by atoms with Gasteiger partial charge in [-0.1, -0.05) is 37.6 Å². The van der Waals surface area contributed by atoms with Crippen LogP contribution >= 0.6 is 11.6 Å². The molecule has 1 unspecified atom stereocenters. The molecule has 0 bridgehead atoms. The molecular formula is C15H24ClNO. The average Bonchev–Trinajstić information content (AvgIpc) is 2.35. The lowest BCUT2D eigenvalue weighted by molar-refractivity contribution is 0.117. The number of hydrogen-bond donors (Lipinski definition) is 1. The molecule has 18 heavy (non-hydrogen) atoms. The first-order chi connectivity index (χ1) is 8.63. The first kappa shape index (κ1) is 15.5. The van der Waals surface area contributed by atoms with E-state index in [1.165, 1.54) is 5.56 Å². The fourth-order valence-electron chi connectivity index (χ4n) is 1.80. The fraction of sp³-hybridized carbons (Fsp3) is 0.600. The monoisotopic (exact) mass is 269 g/mol. The Morgan fingerprint density at radius 3 is 2.28 bits per heavy atom. The molecule has 1 rings (SSSR count). The lowest BCUT2D eigenvalue weighted by Gasteiger charge is -2.15. The summed E-state index contributed by atoms with van der Waals surface area (Å²) in [6, 6.07) is 7.93. The third-order valence-corrected chi connectivity index (χ3v) is 3.33. The van der Waals surface area contributed by atoms with Crippen molar-refractivity contribution in [3.05, 3.63) is 34.9 Å². The number of ether oxygens (including phenoxy) is 1. The van der Waals surface area contributed by atoms with Crippen molar-refractivity contribution in [1.29, 1.82) is 0 Å². The highest BCUT2D eigenvalue weighted by Gasteiger charge is 2.09. The molecule has 0 aliphatic carbocycles. The molecule has 0 aliphatic heterocycles. The number of benzene rings is 1. The molecule has 2 nitrogen and oxygen atoms in total. The summed E-state index contributed by atoms with van der Waals surface area (Å²) in [5, 5.41) is 0.766. The standard InChI is InChI=1S/C15H24ClNO/c1-12(2)7-9-18-10-8-14(11-17)13-3-5-15(16)6-4-13/h3-6,12,14H,7-11,17H2,1-2H3. The summed E-state index contributed by atoms with van der Waals surface area (Å²) in [4.78, 5) is 0. The number of halogens is 1. The summed E-state index contributed by atoms with van der Waals surface area (Å²) in [6.45, 7) is 6.68. The molecule has 1 aromatic rings. The number of hydrogen-bond acceptors (Lipinski definition) is 2. The highest BCUT2D eigenvalue weighted by Crippen LogP contribution is 2.20. The minimum atomic E-state index is 0.362. The topological polar surface area (TPSA) is 35.2 Å². The second-order valence-corrected chi connectivity index (χ2v) is 5.50. The van der Waals surface area contributed by atoms with Crippen molar-refractivity contribution in [1.82, 2.24) is 0 Å². The summed E-state index contributed by atoms with van der Waals surface area (Å²) in [7, 11) is 0. The zero-order chi connectivity index (χ0) is 13.4. The molecule has 1 atom stereocenters. The summed E-state index contributed by atoms with van der Waals surface area (Å²) in [5.41, 5.74) is 7.06. The molecule has 0 radical (unpaired) electrons.